The third-order valence-electron chi connectivity index (χ3n) is 5.05. The molecular weight excluding hydrogens is 400 g/mol. The van der Waals surface area contributed by atoms with Gasteiger partial charge in [0.2, 0.25) is 11.8 Å². The summed E-state index contributed by atoms with van der Waals surface area (Å²) in [6.07, 6.45) is 1.68. The Labute approximate surface area is 169 Å². The van der Waals surface area contributed by atoms with E-state index in [-0.39, 0.29) is 18.1 Å². The average molecular weight is 418 g/mol. The maximum Gasteiger partial charge on any atom is 0.310 e. The summed E-state index contributed by atoms with van der Waals surface area (Å²) in [7, 11) is 2.02. The van der Waals surface area contributed by atoms with Gasteiger partial charge in [0.1, 0.15) is 0 Å². The second kappa shape index (κ2) is 7.91. The standard InChI is InChI=1S/C21H18F4N4O/c1-28-6-5-14-13(10-28)3-2-4-18(14)26-21-27-20(30)17(24)11-29(21)9-12-7-15(22)19(25)16(23)8-12/h2-4,7-8,11H,5-6,9-10H2,1H3,(H,26,27,30). The van der Waals surface area contributed by atoms with Gasteiger partial charge in [-0.3, -0.25) is 4.79 Å². The van der Waals surface area contributed by atoms with Crippen molar-refractivity contribution in [2.24, 2.45) is 0 Å². The maximum absolute atomic E-state index is 13.9. The van der Waals surface area contributed by atoms with Gasteiger partial charge in [0.05, 0.1) is 6.54 Å². The van der Waals surface area contributed by atoms with Crippen molar-refractivity contribution in [1.29, 1.82) is 0 Å². The highest BCUT2D eigenvalue weighted by molar-refractivity contribution is 5.61. The summed E-state index contributed by atoms with van der Waals surface area (Å²) in [4.78, 5) is 17.7. The van der Waals surface area contributed by atoms with Gasteiger partial charge >= 0.3 is 5.56 Å². The molecule has 3 aromatic rings. The van der Waals surface area contributed by atoms with Crippen LogP contribution in [0.25, 0.3) is 0 Å². The predicted molar refractivity (Wildman–Crippen MR) is 104 cm³/mol. The zero-order chi connectivity index (χ0) is 21.4. The average Bonchev–Trinajstić information content (AvgIpc) is 2.69. The predicted octanol–water partition coefficient (Wildman–Crippen LogP) is 3.58. The van der Waals surface area contributed by atoms with Crippen LogP contribution < -0.4 is 10.9 Å². The summed E-state index contributed by atoms with van der Waals surface area (Å²) in [5.41, 5.74) is 1.88. The molecule has 0 bridgehead atoms. The van der Waals surface area contributed by atoms with Crippen molar-refractivity contribution in [3.63, 3.8) is 0 Å². The van der Waals surface area contributed by atoms with Gasteiger partial charge in [0.15, 0.2) is 17.5 Å². The Morgan fingerprint density at radius 2 is 1.83 bits per heavy atom. The molecule has 0 radical (unpaired) electrons. The lowest BCUT2D eigenvalue weighted by molar-refractivity contribution is 0.313. The van der Waals surface area contributed by atoms with E-state index in [0.717, 1.165) is 49.0 Å². The highest BCUT2D eigenvalue weighted by Crippen LogP contribution is 2.28. The molecule has 0 amide bonds. The molecule has 2 heterocycles. The molecule has 2 aromatic carbocycles. The fraction of sp³-hybridized carbons (Fsp3) is 0.238. The first-order valence-electron chi connectivity index (χ1n) is 9.28. The minimum atomic E-state index is -1.58. The minimum Gasteiger partial charge on any atom is -0.325 e. The summed E-state index contributed by atoms with van der Waals surface area (Å²) >= 11 is 0. The molecule has 156 valence electrons. The smallest absolute Gasteiger partial charge is 0.310 e. The van der Waals surface area contributed by atoms with Crippen LogP contribution in [0.3, 0.4) is 0 Å². The Bertz CT molecular complexity index is 1160. The van der Waals surface area contributed by atoms with E-state index in [1.807, 2.05) is 25.2 Å². The van der Waals surface area contributed by atoms with E-state index in [1.54, 1.807) is 0 Å². The van der Waals surface area contributed by atoms with Gasteiger partial charge in [0, 0.05) is 25.0 Å². The van der Waals surface area contributed by atoms with E-state index in [0.29, 0.717) is 5.69 Å². The SMILES string of the molecule is CN1CCc2c(cccc2Nc2nc(=O)c(F)cn2Cc2cc(F)c(F)c(F)c2)C1. The monoisotopic (exact) mass is 418 g/mol. The Morgan fingerprint density at radius 3 is 2.57 bits per heavy atom. The van der Waals surface area contributed by atoms with Crippen molar-refractivity contribution in [3.8, 4) is 0 Å². The lowest BCUT2D eigenvalue weighted by atomic mass is 9.98. The molecule has 4 rings (SSSR count). The van der Waals surface area contributed by atoms with Crippen LogP contribution in [0.5, 0.6) is 0 Å². The van der Waals surface area contributed by atoms with Gasteiger partial charge in [-0.2, -0.15) is 9.37 Å². The number of nitrogens with one attached hydrogen (secondary N) is 1. The summed E-state index contributed by atoms with van der Waals surface area (Å²) in [6.45, 7) is 1.39. The Hall–Kier alpha value is -3.20. The maximum atomic E-state index is 13.9. The molecule has 1 N–H and O–H groups in total. The molecule has 0 fully saturated rings. The minimum absolute atomic E-state index is 0.0128. The van der Waals surface area contributed by atoms with E-state index in [2.05, 4.69) is 15.2 Å². The number of fused-ring (bicyclic) bond motifs is 1. The number of aromatic nitrogens is 2. The molecule has 0 spiro atoms. The van der Waals surface area contributed by atoms with Gasteiger partial charge in [0.25, 0.3) is 0 Å². The normalized spacial score (nSPS) is 13.9. The van der Waals surface area contributed by atoms with Crippen LogP contribution in [0.1, 0.15) is 16.7 Å². The first-order chi connectivity index (χ1) is 14.3. The first kappa shape index (κ1) is 20.1. The number of nitrogens with zero attached hydrogens (tertiary/aromatic N) is 3. The Balaban J connectivity index is 1.72. The number of halogens is 4. The molecule has 0 aliphatic carbocycles. The van der Waals surface area contributed by atoms with Crippen LogP contribution in [-0.4, -0.2) is 28.0 Å². The van der Waals surface area contributed by atoms with E-state index < -0.39 is 28.8 Å². The molecule has 0 unspecified atom stereocenters. The zero-order valence-electron chi connectivity index (χ0n) is 16.1. The van der Waals surface area contributed by atoms with Crippen LogP contribution in [0.4, 0.5) is 29.2 Å². The van der Waals surface area contributed by atoms with Crippen molar-refractivity contribution in [3.05, 3.63) is 86.8 Å². The lowest BCUT2D eigenvalue weighted by Crippen LogP contribution is -2.27. The van der Waals surface area contributed by atoms with Gasteiger partial charge in [-0.25, -0.2) is 13.2 Å². The van der Waals surface area contributed by atoms with Gasteiger partial charge in [-0.05, 0) is 48.4 Å². The molecule has 30 heavy (non-hydrogen) atoms. The summed E-state index contributed by atoms with van der Waals surface area (Å²) in [6, 6.07) is 7.32. The fourth-order valence-electron chi connectivity index (χ4n) is 3.57. The number of rotatable bonds is 4. The Kier molecular flexibility index (Phi) is 5.29. The van der Waals surface area contributed by atoms with E-state index >= 15 is 0 Å². The molecule has 0 saturated heterocycles. The third-order valence-corrected chi connectivity index (χ3v) is 5.05. The number of hydrogen-bond donors (Lipinski definition) is 1. The van der Waals surface area contributed by atoms with Crippen LogP contribution in [0.15, 0.2) is 41.3 Å². The van der Waals surface area contributed by atoms with Crippen LogP contribution in [0, 0.1) is 23.3 Å². The highest BCUT2D eigenvalue weighted by atomic mass is 19.2. The number of hydrogen-bond acceptors (Lipinski definition) is 4. The summed E-state index contributed by atoms with van der Waals surface area (Å²) < 4.78 is 55.5. The molecule has 0 saturated carbocycles. The van der Waals surface area contributed by atoms with Crippen molar-refractivity contribution in [2.45, 2.75) is 19.5 Å². The summed E-state index contributed by atoms with van der Waals surface area (Å²) in [5, 5.41) is 3.05. The number of likely N-dealkylation sites (N-methyl/N-ethyl adjacent to an activating group) is 1. The van der Waals surface area contributed by atoms with E-state index in [1.165, 1.54) is 4.57 Å². The van der Waals surface area contributed by atoms with Crippen molar-refractivity contribution in [2.75, 3.05) is 18.9 Å². The molecule has 9 heteroatoms. The number of benzene rings is 2. The molecule has 1 aliphatic heterocycles. The molecule has 5 nitrogen and oxygen atoms in total. The molecular formula is C21H18F4N4O. The van der Waals surface area contributed by atoms with Gasteiger partial charge in [-0.1, -0.05) is 12.1 Å². The second-order valence-electron chi connectivity index (χ2n) is 7.27. The topological polar surface area (TPSA) is 50.2 Å². The van der Waals surface area contributed by atoms with Crippen LogP contribution in [0.2, 0.25) is 0 Å². The van der Waals surface area contributed by atoms with Crippen molar-refractivity contribution in [1.82, 2.24) is 14.5 Å². The van der Waals surface area contributed by atoms with Gasteiger partial charge < -0.3 is 14.8 Å². The third kappa shape index (κ3) is 3.93. The number of anilines is 2. The Morgan fingerprint density at radius 1 is 1.10 bits per heavy atom. The molecule has 0 atom stereocenters. The van der Waals surface area contributed by atoms with E-state index in [9.17, 15) is 22.4 Å². The van der Waals surface area contributed by atoms with Crippen LogP contribution in [-0.2, 0) is 19.5 Å². The highest BCUT2D eigenvalue weighted by Gasteiger charge is 2.18. The first-order valence-corrected chi connectivity index (χ1v) is 9.28. The lowest BCUT2D eigenvalue weighted by Gasteiger charge is -2.27. The van der Waals surface area contributed by atoms with Crippen molar-refractivity contribution >= 4 is 11.6 Å². The molecule has 1 aromatic heterocycles. The molecule has 1 aliphatic rings. The quantitative estimate of drug-likeness (QED) is 0.520. The largest absolute Gasteiger partial charge is 0.325 e. The van der Waals surface area contributed by atoms with Gasteiger partial charge in [-0.15, -0.1) is 0 Å². The summed E-state index contributed by atoms with van der Waals surface area (Å²) in [5.74, 6) is -5.38. The fourth-order valence-corrected chi connectivity index (χ4v) is 3.57. The van der Waals surface area contributed by atoms with Crippen molar-refractivity contribution < 1.29 is 17.6 Å². The zero-order valence-corrected chi connectivity index (χ0v) is 16.1. The second-order valence-corrected chi connectivity index (χ2v) is 7.27. The van der Waals surface area contributed by atoms with Crippen LogP contribution >= 0.6 is 0 Å². The van der Waals surface area contributed by atoms with E-state index in [4.69, 9.17) is 0 Å².